The number of benzene rings is 3. The van der Waals surface area contributed by atoms with E-state index in [2.05, 4.69) is 10.2 Å². The molecule has 164 valence electrons. The predicted octanol–water partition coefficient (Wildman–Crippen LogP) is 4.79. The normalized spacial score (nSPS) is 11.6. The van der Waals surface area contributed by atoms with Crippen LogP contribution in [-0.2, 0) is 23.1 Å². The van der Waals surface area contributed by atoms with Gasteiger partial charge < -0.3 is 9.15 Å². The first kappa shape index (κ1) is 22.0. The minimum atomic E-state index is -3.88. The third-order valence-electron chi connectivity index (χ3n) is 4.75. The highest BCUT2D eigenvalue weighted by Crippen LogP contribution is 2.25. The first-order chi connectivity index (χ1) is 15.5. The molecule has 4 rings (SSSR count). The third-order valence-corrected chi connectivity index (χ3v) is 6.77. The molecule has 0 aliphatic heterocycles. The van der Waals surface area contributed by atoms with E-state index in [1.807, 2.05) is 30.3 Å². The topological polar surface area (TPSA) is 85.5 Å². The summed E-state index contributed by atoms with van der Waals surface area (Å²) in [6.07, 6.45) is 0. The van der Waals surface area contributed by atoms with Gasteiger partial charge in [-0.3, -0.25) is 0 Å². The van der Waals surface area contributed by atoms with Crippen molar-refractivity contribution < 1.29 is 17.6 Å². The summed E-state index contributed by atoms with van der Waals surface area (Å²) in [5.74, 6) is 1.18. The van der Waals surface area contributed by atoms with E-state index < -0.39 is 10.0 Å². The van der Waals surface area contributed by atoms with E-state index in [4.69, 9.17) is 20.8 Å². The number of hydrogen-bond acceptors (Lipinski definition) is 6. The molecular weight excluding hydrogens is 450 g/mol. The number of ether oxygens (including phenoxy) is 1. The summed E-state index contributed by atoms with van der Waals surface area (Å²) in [7, 11) is -2.29. The monoisotopic (exact) mass is 469 g/mol. The summed E-state index contributed by atoms with van der Waals surface area (Å²) in [6.45, 7) is 0.0445. The summed E-state index contributed by atoms with van der Waals surface area (Å²) >= 11 is 6.04. The molecule has 3 aromatic carbocycles. The molecule has 1 aromatic heterocycles. The number of nitrogens with zero attached hydrogens (tertiary/aromatic N) is 3. The lowest BCUT2D eigenvalue weighted by atomic mass is 10.2. The molecule has 0 atom stereocenters. The van der Waals surface area contributed by atoms with Crippen LogP contribution in [0.15, 0.2) is 88.2 Å². The van der Waals surface area contributed by atoms with Crippen molar-refractivity contribution in [2.24, 2.45) is 0 Å². The average Bonchev–Trinajstić information content (AvgIpc) is 3.28. The zero-order valence-corrected chi connectivity index (χ0v) is 18.8. The van der Waals surface area contributed by atoms with Crippen molar-refractivity contribution >= 4 is 21.6 Å². The molecule has 0 N–H and O–H groups in total. The fourth-order valence-corrected chi connectivity index (χ4v) is 4.79. The summed E-state index contributed by atoms with van der Waals surface area (Å²) in [5.41, 5.74) is 1.53. The maximum absolute atomic E-state index is 13.4. The minimum Gasteiger partial charge on any atom is -0.497 e. The van der Waals surface area contributed by atoms with Crippen molar-refractivity contribution in [1.29, 1.82) is 0 Å². The van der Waals surface area contributed by atoms with E-state index >= 15 is 0 Å². The Morgan fingerprint density at radius 3 is 2.38 bits per heavy atom. The SMILES string of the molecule is COc1ccc(-c2nnc(CN(Cc3ccccc3)S(=O)(=O)c3cccc(Cl)c3)o2)cc1. The van der Waals surface area contributed by atoms with Crippen molar-refractivity contribution in [3.05, 3.63) is 95.3 Å². The lowest BCUT2D eigenvalue weighted by Crippen LogP contribution is -2.30. The second-order valence-electron chi connectivity index (χ2n) is 6.95. The standard InChI is InChI=1S/C23H20ClN3O4S/c1-30-20-12-10-18(11-13-20)23-26-25-22(31-23)16-27(15-17-6-3-2-4-7-17)32(28,29)21-9-5-8-19(24)14-21/h2-14H,15-16H2,1H3. The van der Waals surface area contributed by atoms with E-state index in [9.17, 15) is 8.42 Å². The molecule has 0 fully saturated rings. The Bertz CT molecular complexity index is 1290. The van der Waals surface area contributed by atoms with E-state index in [1.165, 1.54) is 16.4 Å². The van der Waals surface area contributed by atoms with Crippen LogP contribution in [0.25, 0.3) is 11.5 Å². The van der Waals surface area contributed by atoms with Gasteiger partial charge in [-0.2, -0.15) is 4.31 Å². The molecule has 0 radical (unpaired) electrons. The number of halogens is 1. The van der Waals surface area contributed by atoms with Gasteiger partial charge in [-0.15, -0.1) is 10.2 Å². The zero-order chi connectivity index (χ0) is 22.6. The summed E-state index contributed by atoms with van der Waals surface area (Å²) < 4.78 is 39.0. The fraction of sp³-hybridized carbons (Fsp3) is 0.130. The Labute approximate surface area is 191 Å². The number of hydrogen-bond donors (Lipinski definition) is 0. The number of rotatable bonds is 8. The Balaban J connectivity index is 1.64. The largest absolute Gasteiger partial charge is 0.497 e. The van der Waals surface area contributed by atoms with Crippen LogP contribution in [0.5, 0.6) is 5.75 Å². The Kier molecular flexibility index (Phi) is 6.55. The summed E-state index contributed by atoms with van der Waals surface area (Å²) in [6, 6.07) is 22.6. The molecule has 9 heteroatoms. The van der Waals surface area contributed by atoms with Crippen LogP contribution in [0, 0.1) is 0 Å². The van der Waals surface area contributed by atoms with E-state index in [0.29, 0.717) is 22.2 Å². The van der Waals surface area contributed by atoms with Gasteiger partial charge in [-0.05, 0) is 48.0 Å². The second-order valence-corrected chi connectivity index (χ2v) is 9.32. The molecule has 32 heavy (non-hydrogen) atoms. The molecule has 0 saturated carbocycles. The second kappa shape index (κ2) is 9.52. The van der Waals surface area contributed by atoms with E-state index in [0.717, 1.165) is 5.56 Å². The van der Waals surface area contributed by atoms with Gasteiger partial charge in [0, 0.05) is 17.1 Å². The lowest BCUT2D eigenvalue weighted by Gasteiger charge is -2.21. The van der Waals surface area contributed by atoms with Crippen LogP contribution in [-0.4, -0.2) is 30.0 Å². The Hall–Kier alpha value is -3.20. The van der Waals surface area contributed by atoms with Gasteiger partial charge in [0.05, 0.1) is 18.6 Å². The molecule has 0 unspecified atom stereocenters. The van der Waals surface area contributed by atoms with E-state index in [-0.39, 0.29) is 23.9 Å². The van der Waals surface area contributed by atoms with Crippen molar-refractivity contribution in [1.82, 2.24) is 14.5 Å². The van der Waals surface area contributed by atoms with Crippen LogP contribution in [0.2, 0.25) is 5.02 Å². The van der Waals surface area contributed by atoms with Gasteiger partial charge in [-0.1, -0.05) is 48.0 Å². The van der Waals surface area contributed by atoms with Crippen molar-refractivity contribution in [2.45, 2.75) is 18.0 Å². The molecular formula is C23H20ClN3O4S. The molecule has 1 heterocycles. The van der Waals surface area contributed by atoms with Gasteiger partial charge in [-0.25, -0.2) is 8.42 Å². The average molecular weight is 470 g/mol. The van der Waals surface area contributed by atoms with Gasteiger partial charge in [0.25, 0.3) is 0 Å². The number of aromatic nitrogens is 2. The van der Waals surface area contributed by atoms with Crippen LogP contribution < -0.4 is 4.74 Å². The van der Waals surface area contributed by atoms with E-state index in [1.54, 1.807) is 43.5 Å². The smallest absolute Gasteiger partial charge is 0.247 e. The van der Waals surface area contributed by atoms with Crippen molar-refractivity contribution in [3.8, 4) is 17.2 Å². The van der Waals surface area contributed by atoms with Crippen LogP contribution >= 0.6 is 11.6 Å². The number of sulfonamides is 1. The minimum absolute atomic E-state index is 0.0904. The quantitative estimate of drug-likeness (QED) is 0.369. The maximum atomic E-state index is 13.4. The van der Waals surface area contributed by atoms with Crippen LogP contribution in [0.1, 0.15) is 11.5 Å². The van der Waals surface area contributed by atoms with Crippen LogP contribution in [0.3, 0.4) is 0 Å². The lowest BCUT2D eigenvalue weighted by molar-refractivity contribution is 0.353. The fourth-order valence-electron chi connectivity index (χ4n) is 3.11. The van der Waals surface area contributed by atoms with Gasteiger partial charge >= 0.3 is 0 Å². The Morgan fingerprint density at radius 2 is 1.69 bits per heavy atom. The first-order valence-corrected chi connectivity index (χ1v) is 11.5. The Morgan fingerprint density at radius 1 is 0.938 bits per heavy atom. The highest BCUT2D eigenvalue weighted by molar-refractivity contribution is 7.89. The van der Waals surface area contributed by atoms with Crippen LogP contribution in [0.4, 0.5) is 0 Å². The molecule has 0 aliphatic rings. The molecule has 7 nitrogen and oxygen atoms in total. The molecule has 0 aliphatic carbocycles. The van der Waals surface area contributed by atoms with Crippen molar-refractivity contribution in [2.75, 3.05) is 7.11 Å². The maximum Gasteiger partial charge on any atom is 0.247 e. The highest BCUT2D eigenvalue weighted by atomic mass is 35.5. The van der Waals surface area contributed by atoms with Crippen molar-refractivity contribution in [3.63, 3.8) is 0 Å². The van der Waals surface area contributed by atoms with Gasteiger partial charge in [0.1, 0.15) is 5.75 Å². The first-order valence-electron chi connectivity index (χ1n) is 9.72. The number of methoxy groups -OCH3 is 1. The molecule has 4 aromatic rings. The summed E-state index contributed by atoms with van der Waals surface area (Å²) in [5, 5.41) is 8.47. The molecule has 0 saturated heterocycles. The molecule has 0 amide bonds. The third kappa shape index (κ3) is 4.99. The summed E-state index contributed by atoms with van der Waals surface area (Å²) in [4.78, 5) is 0.0934. The molecule has 0 bridgehead atoms. The van der Waals surface area contributed by atoms with Gasteiger partial charge in [0.2, 0.25) is 21.8 Å². The van der Waals surface area contributed by atoms with Gasteiger partial charge in [0.15, 0.2) is 0 Å². The zero-order valence-electron chi connectivity index (χ0n) is 17.2. The highest BCUT2D eigenvalue weighted by Gasteiger charge is 2.27. The molecule has 0 spiro atoms. The predicted molar refractivity (Wildman–Crippen MR) is 121 cm³/mol.